The van der Waals surface area contributed by atoms with Gasteiger partial charge in [0, 0.05) is 28.7 Å². The number of anilines is 1. The van der Waals surface area contributed by atoms with Crippen LogP contribution in [0.4, 0.5) is 5.69 Å². The minimum Gasteiger partial charge on any atom is -0.497 e. The van der Waals surface area contributed by atoms with Crippen molar-refractivity contribution in [3.05, 3.63) is 85.8 Å². The lowest BCUT2D eigenvalue weighted by Gasteiger charge is -2.28. The molecular formula is C28H29BrCl2N2O4S. The summed E-state index contributed by atoms with van der Waals surface area (Å²) in [6.07, 6.45) is 2.17. The molecule has 1 N–H and O–H groups in total. The molecule has 3 aromatic rings. The molecule has 38 heavy (non-hydrogen) atoms. The molecule has 0 spiro atoms. The van der Waals surface area contributed by atoms with Gasteiger partial charge >= 0.3 is 0 Å². The van der Waals surface area contributed by atoms with Gasteiger partial charge in [0.2, 0.25) is 10.0 Å². The number of fused-ring (bicyclic) bond motifs is 1. The van der Waals surface area contributed by atoms with Gasteiger partial charge < -0.3 is 9.64 Å². The highest BCUT2D eigenvalue weighted by Crippen LogP contribution is 2.47. The maximum atomic E-state index is 13.8. The van der Waals surface area contributed by atoms with Crippen molar-refractivity contribution in [3.8, 4) is 5.75 Å². The molecule has 0 unspecified atom stereocenters. The van der Waals surface area contributed by atoms with Crippen molar-refractivity contribution < 1.29 is 17.9 Å². The maximum Gasteiger partial charge on any atom is 0.259 e. The van der Waals surface area contributed by atoms with E-state index in [4.69, 9.17) is 27.9 Å². The summed E-state index contributed by atoms with van der Waals surface area (Å²) in [7, 11) is -2.42. The van der Waals surface area contributed by atoms with E-state index in [9.17, 15) is 13.2 Å². The van der Waals surface area contributed by atoms with Crippen LogP contribution in [0.3, 0.4) is 0 Å². The van der Waals surface area contributed by atoms with Gasteiger partial charge in [-0.2, -0.15) is 0 Å². The Balaban J connectivity index is 1.61. The van der Waals surface area contributed by atoms with E-state index in [2.05, 4.69) is 40.6 Å². The molecule has 6 nitrogen and oxygen atoms in total. The molecule has 0 radical (unpaired) electrons. The van der Waals surface area contributed by atoms with Gasteiger partial charge in [0.05, 0.1) is 22.7 Å². The van der Waals surface area contributed by atoms with Crippen LogP contribution in [-0.2, 0) is 21.9 Å². The number of carbonyl (C=O) groups is 1. The van der Waals surface area contributed by atoms with Crippen LogP contribution in [0, 0.1) is 0 Å². The highest BCUT2D eigenvalue weighted by molar-refractivity contribution is 9.10. The number of ether oxygens (including phenoxy) is 1. The first-order valence-electron chi connectivity index (χ1n) is 12.3. The van der Waals surface area contributed by atoms with Gasteiger partial charge in [0.15, 0.2) is 0 Å². The molecule has 3 aromatic carbocycles. The Morgan fingerprint density at radius 3 is 2.37 bits per heavy atom. The van der Waals surface area contributed by atoms with Gasteiger partial charge in [0.25, 0.3) is 5.91 Å². The number of carbonyl (C=O) groups excluding carboxylic acids is 1. The van der Waals surface area contributed by atoms with Crippen LogP contribution in [0.5, 0.6) is 5.75 Å². The van der Waals surface area contributed by atoms with Crippen LogP contribution in [0.15, 0.2) is 64.0 Å². The van der Waals surface area contributed by atoms with E-state index in [1.165, 1.54) is 12.1 Å². The normalized spacial score (nSPS) is 14.4. The molecule has 0 aromatic heterocycles. The fourth-order valence-electron chi connectivity index (χ4n) is 4.92. The van der Waals surface area contributed by atoms with E-state index < -0.39 is 10.0 Å². The lowest BCUT2D eigenvalue weighted by atomic mass is 9.78. The van der Waals surface area contributed by atoms with Crippen molar-refractivity contribution in [1.82, 2.24) is 4.72 Å². The SMILES string of the molecule is CCC1(CC)CN(C(=O)c2cc(S(=O)(=O)NCCc3ccc(OC)cc3)c(Cl)cc2Cl)c2ccc(Br)cc21. The summed E-state index contributed by atoms with van der Waals surface area (Å²) in [6.45, 7) is 4.85. The third-order valence-corrected chi connectivity index (χ3v) is 10.0. The zero-order chi connectivity index (χ0) is 27.7. The van der Waals surface area contributed by atoms with Crippen LogP contribution in [0.2, 0.25) is 10.0 Å². The van der Waals surface area contributed by atoms with Crippen molar-refractivity contribution >= 4 is 60.7 Å². The van der Waals surface area contributed by atoms with Gasteiger partial charge in [-0.3, -0.25) is 4.79 Å². The molecule has 1 heterocycles. The Morgan fingerprint density at radius 1 is 1.05 bits per heavy atom. The largest absolute Gasteiger partial charge is 0.497 e. The number of amides is 1. The van der Waals surface area contributed by atoms with Crippen LogP contribution in [0.25, 0.3) is 0 Å². The van der Waals surface area contributed by atoms with Gasteiger partial charge in [0.1, 0.15) is 10.6 Å². The van der Waals surface area contributed by atoms with Crippen LogP contribution in [-0.4, -0.2) is 34.5 Å². The Morgan fingerprint density at radius 2 is 1.74 bits per heavy atom. The molecule has 1 aliphatic heterocycles. The molecule has 1 aliphatic rings. The minimum atomic E-state index is -4.01. The first-order valence-corrected chi connectivity index (χ1v) is 15.3. The molecule has 0 bridgehead atoms. The van der Waals surface area contributed by atoms with E-state index in [1.807, 2.05) is 36.4 Å². The molecule has 0 saturated carbocycles. The number of benzene rings is 3. The Kier molecular flexibility index (Phi) is 8.79. The molecular weight excluding hydrogens is 611 g/mol. The predicted molar refractivity (Wildman–Crippen MR) is 156 cm³/mol. The highest BCUT2D eigenvalue weighted by Gasteiger charge is 2.43. The molecule has 202 valence electrons. The Labute approximate surface area is 242 Å². The van der Waals surface area contributed by atoms with Crippen LogP contribution in [0.1, 0.15) is 48.2 Å². The first-order chi connectivity index (χ1) is 18.0. The van der Waals surface area contributed by atoms with E-state index in [0.717, 1.165) is 39.9 Å². The summed E-state index contributed by atoms with van der Waals surface area (Å²) in [6, 6.07) is 15.8. The van der Waals surface area contributed by atoms with E-state index >= 15 is 0 Å². The topological polar surface area (TPSA) is 75.7 Å². The van der Waals surface area contributed by atoms with Crippen LogP contribution < -0.4 is 14.4 Å². The molecule has 0 fully saturated rings. The smallest absolute Gasteiger partial charge is 0.259 e. The molecule has 0 atom stereocenters. The number of sulfonamides is 1. The predicted octanol–water partition coefficient (Wildman–Crippen LogP) is 7.00. The third kappa shape index (κ3) is 5.61. The Bertz CT molecular complexity index is 1460. The molecule has 1 amide bonds. The molecule has 0 saturated heterocycles. The number of hydrogen-bond acceptors (Lipinski definition) is 4. The number of hydrogen-bond donors (Lipinski definition) is 1. The minimum absolute atomic E-state index is 0.0503. The second-order valence-electron chi connectivity index (χ2n) is 9.30. The van der Waals surface area contributed by atoms with Crippen molar-refractivity contribution in [1.29, 1.82) is 0 Å². The third-order valence-electron chi connectivity index (χ3n) is 7.29. The Hall–Kier alpha value is -2.10. The highest BCUT2D eigenvalue weighted by atomic mass is 79.9. The zero-order valence-corrected chi connectivity index (χ0v) is 25.3. The number of nitrogens with zero attached hydrogens (tertiary/aromatic N) is 1. The summed E-state index contributed by atoms with van der Waals surface area (Å²) in [5.74, 6) is 0.358. The maximum absolute atomic E-state index is 13.8. The van der Waals surface area contributed by atoms with E-state index in [1.54, 1.807) is 12.0 Å². The second-order valence-corrected chi connectivity index (χ2v) is 12.8. The van der Waals surface area contributed by atoms with Gasteiger partial charge in [-0.15, -0.1) is 0 Å². The average Bonchev–Trinajstić information content (AvgIpc) is 3.22. The summed E-state index contributed by atoms with van der Waals surface area (Å²) in [4.78, 5) is 15.3. The van der Waals surface area contributed by atoms with Gasteiger partial charge in [-0.25, -0.2) is 13.1 Å². The number of nitrogens with one attached hydrogen (secondary N) is 1. The molecule has 0 aliphatic carbocycles. The van der Waals surface area contributed by atoms with Gasteiger partial charge in [-0.05, 0) is 72.9 Å². The average molecular weight is 640 g/mol. The van der Waals surface area contributed by atoms with E-state index in [-0.39, 0.29) is 38.4 Å². The fourth-order valence-corrected chi connectivity index (χ4v) is 7.17. The summed E-state index contributed by atoms with van der Waals surface area (Å²) in [5, 5.41) is 0.0482. The summed E-state index contributed by atoms with van der Waals surface area (Å²) < 4.78 is 35.1. The number of halogens is 3. The zero-order valence-electron chi connectivity index (χ0n) is 21.4. The van der Waals surface area contributed by atoms with Gasteiger partial charge in [-0.1, -0.05) is 65.1 Å². The second kappa shape index (κ2) is 11.6. The fraction of sp³-hybridized carbons (Fsp3) is 0.321. The quantitative estimate of drug-likeness (QED) is 0.273. The van der Waals surface area contributed by atoms with Crippen molar-refractivity contribution in [2.45, 2.75) is 43.4 Å². The summed E-state index contributed by atoms with van der Waals surface area (Å²) >= 11 is 16.3. The van der Waals surface area contributed by atoms with Crippen molar-refractivity contribution in [2.24, 2.45) is 0 Å². The lowest BCUT2D eigenvalue weighted by Crippen LogP contribution is -2.36. The van der Waals surface area contributed by atoms with E-state index in [0.29, 0.717) is 13.0 Å². The van der Waals surface area contributed by atoms with Crippen LogP contribution >= 0.6 is 39.1 Å². The summed E-state index contributed by atoms with van der Waals surface area (Å²) in [5.41, 5.74) is 2.72. The van der Waals surface area contributed by atoms with Crippen molar-refractivity contribution in [3.63, 3.8) is 0 Å². The monoisotopic (exact) mass is 638 g/mol. The first kappa shape index (κ1) is 28.9. The standard InChI is InChI=1S/C28H29BrCl2N2O4S/c1-4-28(5-2)17-33(25-11-8-19(29)14-22(25)28)27(34)21-15-26(24(31)16-23(21)30)38(35,36)32-13-12-18-6-9-20(37-3)10-7-18/h6-11,14-16,32H,4-5,12-13,17H2,1-3H3. The van der Waals surface area contributed by atoms with Crippen molar-refractivity contribution in [2.75, 3.05) is 25.1 Å². The number of rotatable bonds is 9. The molecule has 4 rings (SSSR count). The molecule has 10 heteroatoms. The number of methoxy groups -OCH3 is 1. The lowest BCUT2D eigenvalue weighted by molar-refractivity contribution is 0.0984.